The highest BCUT2D eigenvalue weighted by Gasteiger charge is 2.07. The van der Waals surface area contributed by atoms with Crippen molar-refractivity contribution in [2.45, 2.75) is 122 Å². The van der Waals surface area contributed by atoms with Crippen LogP contribution in [-0.2, 0) is 0 Å². The number of aromatic nitrogens is 3. The van der Waals surface area contributed by atoms with Crippen LogP contribution in [0.25, 0.3) is 0 Å². The van der Waals surface area contributed by atoms with E-state index in [2.05, 4.69) is 29.0 Å². The molecule has 0 aromatic carbocycles. The first-order valence-corrected chi connectivity index (χ1v) is 10.7. The van der Waals surface area contributed by atoms with Crippen LogP contribution in [0, 0.1) is 0 Å². The molecule has 1 aromatic heterocycles. The van der Waals surface area contributed by atoms with E-state index in [9.17, 15) is 0 Å². The quantitative estimate of drug-likeness (QED) is 0.307. The van der Waals surface area contributed by atoms with Crippen LogP contribution in [-0.4, -0.2) is 15.2 Å². The van der Waals surface area contributed by atoms with Gasteiger partial charge in [-0.3, -0.25) is 5.10 Å². The monoisotopic (exact) mass is 335 g/mol. The van der Waals surface area contributed by atoms with Crippen molar-refractivity contribution in [1.82, 2.24) is 15.2 Å². The standard InChI is InChI=1S/C21H41N3/c1-3-4-5-6-7-8-9-10-11-12-13-14-15-16-17-18-20(2)21-22-19-23-24-21/h19-20H,3-18H2,1-2H3,(H,22,23,24). The lowest BCUT2D eigenvalue weighted by atomic mass is 10.0. The second-order valence-corrected chi connectivity index (χ2v) is 7.51. The Morgan fingerprint density at radius 1 is 0.750 bits per heavy atom. The highest BCUT2D eigenvalue weighted by molar-refractivity contribution is 4.89. The molecule has 1 heterocycles. The molecule has 24 heavy (non-hydrogen) atoms. The van der Waals surface area contributed by atoms with Gasteiger partial charge in [0.2, 0.25) is 0 Å². The SMILES string of the molecule is CCCCCCCCCCCCCCCCCC(C)c1ncn[nH]1. The van der Waals surface area contributed by atoms with Gasteiger partial charge in [-0.25, -0.2) is 4.98 Å². The number of H-pyrrole nitrogens is 1. The van der Waals surface area contributed by atoms with Gasteiger partial charge in [0.25, 0.3) is 0 Å². The fourth-order valence-electron chi connectivity index (χ4n) is 3.41. The van der Waals surface area contributed by atoms with Crippen molar-refractivity contribution >= 4 is 0 Å². The van der Waals surface area contributed by atoms with Gasteiger partial charge in [0.05, 0.1) is 0 Å². The molecule has 0 fully saturated rings. The van der Waals surface area contributed by atoms with E-state index in [0.717, 1.165) is 5.82 Å². The van der Waals surface area contributed by atoms with E-state index in [4.69, 9.17) is 0 Å². The normalized spacial score (nSPS) is 12.6. The van der Waals surface area contributed by atoms with Gasteiger partial charge in [-0.1, -0.05) is 110 Å². The molecule has 140 valence electrons. The number of aromatic amines is 1. The molecule has 0 bridgehead atoms. The lowest BCUT2D eigenvalue weighted by molar-refractivity contribution is 0.519. The van der Waals surface area contributed by atoms with E-state index in [1.165, 1.54) is 103 Å². The van der Waals surface area contributed by atoms with E-state index in [-0.39, 0.29) is 0 Å². The minimum absolute atomic E-state index is 0.523. The Balaban J connectivity index is 1.73. The molecule has 0 aliphatic carbocycles. The third kappa shape index (κ3) is 11.6. The summed E-state index contributed by atoms with van der Waals surface area (Å²) in [5.74, 6) is 1.56. The van der Waals surface area contributed by atoms with Crippen LogP contribution in [0.15, 0.2) is 6.33 Å². The summed E-state index contributed by atoms with van der Waals surface area (Å²) < 4.78 is 0. The Hall–Kier alpha value is -0.860. The van der Waals surface area contributed by atoms with Crippen LogP contribution in [0.4, 0.5) is 0 Å². The van der Waals surface area contributed by atoms with Gasteiger partial charge >= 0.3 is 0 Å². The third-order valence-electron chi connectivity index (χ3n) is 5.14. The Kier molecular flexibility index (Phi) is 13.8. The minimum atomic E-state index is 0.523. The summed E-state index contributed by atoms with van der Waals surface area (Å²) in [6.45, 7) is 4.53. The van der Waals surface area contributed by atoms with E-state index in [1.807, 2.05) is 0 Å². The molecule has 1 unspecified atom stereocenters. The van der Waals surface area contributed by atoms with E-state index in [0.29, 0.717) is 5.92 Å². The number of hydrogen-bond donors (Lipinski definition) is 1. The topological polar surface area (TPSA) is 41.6 Å². The number of nitrogens with zero attached hydrogens (tertiary/aromatic N) is 2. The van der Waals surface area contributed by atoms with Crippen molar-refractivity contribution in [3.05, 3.63) is 12.2 Å². The Bertz CT molecular complexity index is 348. The molecule has 3 heteroatoms. The third-order valence-corrected chi connectivity index (χ3v) is 5.14. The zero-order valence-electron chi connectivity index (χ0n) is 16.4. The average Bonchev–Trinajstić information content (AvgIpc) is 3.13. The first-order valence-electron chi connectivity index (χ1n) is 10.7. The first-order chi connectivity index (χ1) is 11.8. The van der Waals surface area contributed by atoms with Crippen molar-refractivity contribution in [3.8, 4) is 0 Å². The van der Waals surface area contributed by atoms with E-state index >= 15 is 0 Å². The van der Waals surface area contributed by atoms with Crippen LogP contribution >= 0.6 is 0 Å². The predicted molar refractivity (Wildman–Crippen MR) is 104 cm³/mol. The molecule has 0 spiro atoms. The Labute approximate surface area is 150 Å². The van der Waals surface area contributed by atoms with Gasteiger partial charge < -0.3 is 0 Å². The van der Waals surface area contributed by atoms with E-state index in [1.54, 1.807) is 6.33 Å². The molecule has 1 N–H and O–H groups in total. The summed E-state index contributed by atoms with van der Waals surface area (Å²) in [7, 11) is 0. The highest BCUT2D eigenvalue weighted by Crippen LogP contribution is 2.19. The van der Waals surface area contributed by atoms with Gasteiger partial charge in [-0.15, -0.1) is 0 Å². The summed E-state index contributed by atoms with van der Waals surface area (Å²) in [6, 6.07) is 0. The molecule has 1 aromatic rings. The molecular weight excluding hydrogens is 294 g/mol. The zero-order chi connectivity index (χ0) is 17.3. The van der Waals surface area contributed by atoms with Gasteiger partial charge in [0.1, 0.15) is 12.2 Å². The zero-order valence-corrected chi connectivity index (χ0v) is 16.4. The maximum absolute atomic E-state index is 4.24. The molecule has 0 amide bonds. The van der Waals surface area contributed by atoms with Crippen LogP contribution in [0.3, 0.4) is 0 Å². The van der Waals surface area contributed by atoms with Crippen molar-refractivity contribution in [2.24, 2.45) is 0 Å². The van der Waals surface area contributed by atoms with Crippen LogP contribution in [0.5, 0.6) is 0 Å². The van der Waals surface area contributed by atoms with Crippen molar-refractivity contribution in [2.75, 3.05) is 0 Å². The van der Waals surface area contributed by atoms with Crippen LogP contribution < -0.4 is 0 Å². The van der Waals surface area contributed by atoms with E-state index < -0.39 is 0 Å². The van der Waals surface area contributed by atoms with Crippen LogP contribution in [0.1, 0.15) is 128 Å². The number of unbranched alkanes of at least 4 members (excludes halogenated alkanes) is 14. The van der Waals surface area contributed by atoms with Crippen molar-refractivity contribution in [3.63, 3.8) is 0 Å². The van der Waals surface area contributed by atoms with Crippen molar-refractivity contribution in [1.29, 1.82) is 0 Å². The first kappa shape index (κ1) is 21.2. The number of rotatable bonds is 17. The fraction of sp³-hybridized carbons (Fsp3) is 0.905. The molecule has 3 nitrogen and oxygen atoms in total. The minimum Gasteiger partial charge on any atom is -0.263 e. The van der Waals surface area contributed by atoms with Crippen molar-refractivity contribution < 1.29 is 0 Å². The van der Waals surface area contributed by atoms with Gasteiger partial charge in [0, 0.05) is 5.92 Å². The summed E-state index contributed by atoms with van der Waals surface area (Å²) in [6.07, 6.45) is 24.3. The molecular formula is C21H41N3. The second-order valence-electron chi connectivity index (χ2n) is 7.51. The van der Waals surface area contributed by atoms with Gasteiger partial charge in [-0.05, 0) is 6.42 Å². The maximum atomic E-state index is 4.24. The summed E-state index contributed by atoms with van der Waals surface area (Å²) in [4.78, 5) is 4.24. The summed E-state index contributed by atoms with van der Waals surface area (Å²) in [5.41, 5.74) is 0. The van der Waals surface area contributed by atoms with Gasteiger partial charge in [0.15, 0.2) is 0 Å². The van der Waals surface area contributed by atoms with Crippen LogP contribution in [0.2, 0.25) is 0 Å². The molecule has 0 aliphatic heterocycles. The molecule has 0 aliphatic rings. The molecule has 0 saturated carbocycles. The number of hydrogen-bond acceptors (Lipinski definition) is 2. The fourth-order valence-corrected chi connectivity index (χ4v) is 3.41. The smallest absolute Gasteiger partial charge is 0.137 e. The summed E-state index contributed by atoms with van der Waals surface area (Å²) in [5, 5.41) is 6.91. The highest BCUT2D eigenvalue weighted by atomic mass is 15.2. The molecule has 1 rings (SSSR count). The second kappa shape index (κ2) is 15.7. The maximum Gasteiger partial charge on any atom is 0.137 e. The Morgan fingerprint density at radius 3 is 1.62 bits per heavy atom. The number of nitrogens with one attached hydrogen (secondary N) is 1. The van der Waals surface area contributed by atoms with Gasteiger partial charge in [-0.2, -0.15) is 5.10 Å². The lowest BCUT2D eigenvalue weighted by Crippen LogP contribution is -1.96. The largest absolute Gasteiger partial charge is 0.263 e. The average molecular weight is 336 g/mol. The molecule has 0 saturated heterocycles. The molecule has 0 radical (unpaired) electrons. The molecule has 1 atom stereocenters. The summed E-state index contributed by atoms with van der Waals surface area (Å²) >= 11 is 0. The predicted octanol–water partition coefficient (Wildman–Crippen LogP) is 7.17. The lowest BCUT2D eigenvalue weighted by Gasteiger charge is -2.07. The Morgan fingerprint density at radius 2 is 1.21 bits per heavy atom.